The molecule has 0 saturated carbocycles. The monoisotopic (exact) mass is 196 g/mol. The molecule has 0 amide bonds. The SMILES string of the molecule is Cc1ccc2oc3ccc(C)cc3c2c1. The molecule has 0 bridgehead atoms. The van der Waals surface area contributed by atoms with Gasteiger partial charge in [-0.15, -0.1) is 0 Å². The molecule has 0 saturated heterocycles. The number of aryl methyl sites for hydroxylation is 2. The van der Waals surface area contributed by atoms with Crippen molar-refractivity contribution in [1.82, 2.24) is 0 Å². The second kappa shape index (κ2) is 2.86. The zero-order valence-corrected chi connectivity index (χ0v) is 8.87. The summed E-state index contributed by atoms with van der Waals surface area (Å²) in [7, 11) is 0. The molecule has 0 unspecified atom stereocenters. The minimum atomic E-state index is 0.973. The zero-order chi connectivity index (χ0) is 10.4. The van der Waals surface area contributed by atoms with Gasteiger partial charge in [0.15, 0.2) is 0 Å². The van der Waals surface area contributed by atoms with E-state index in [0.29, 0.717) is 0 Å². The highest BCUT2D eigenvalue weighted by Crippen LogP contribution is 2.29. The molecule has 1 aromatic heterocycles. The first-order valence-corrected chi connectivity index (χ1v) is 5.13. The number of hydrogen-bond acceptors (Lipinski definition) is 1. The lowest BCUT2D eigenvalue weighted by Gasteiger charge is -1.93. The maximum Gasteiger partial charge on any atom is 0.135 e. The first-order valence-electron chi connectivity index (χ1n) is 5.13. The topological polar surface area (TPSA) is 13.1 Å². The molecule has 0 fully saturated rings. The Kier molecular flexibility index (Phi) is 1.63. The molecular formula is C14H12O. The van der Waals surface area contributed by atoms with E-state index in [9.17, 15) is 0 Å². The summed E-state index contributed by atoms with van der Waals surface area (Å²) >= 11 is 0. The molecule has 0 atom stereocenters. The molecule has 2 aromatic carbocycles. The Morgan fingerprint density at radius 3 is 1.67 bits per heavy atom. The molecule has 0 radical (unpaired) electrons. The first-order chi connectivity index (χ1) is 7.24. The van der Waals surface area contributed by atoms with Crippen molar-refractivity contribution in [2.24, 2.45) is 0 Å². The molecule has 1 heteroatoms. The van der Waals surface area contributed by atoms with Gasteiger partial charge in [-0.05, 0) is 38.1 Å². The van der Waals surface area contributed by atoms with Crippen LogP contribution >= 0.6 is 0 Å². The second-order valence-corrected chi connectivity index (χ2v) is 4.10. The van der Waals surface area contributed by atoms with E-state index in [0.717, 1.165) is 11.2 Å². The van der Waals surface area contributed by atoms with Crippen molar-refractivity contribution >= 4 is 21.9 Å². The van der Waals surface area contributed by atoms with E-state index in [1.54, 1.807) is 0 Å². The molecule has 3 rings (SSSR count). The fourth-order valence-corrected chi connectivity index (χ4v) is 2.01. The lowest BCUT2D eigenvalue weighted by molar-refractivity contribution is 0.669. The first kappa shape index (κ1) is 8.54. The maximum atomic E-state index is 5.76. The van der Waals surface area contributed by atoms with Crippen molar-refractivity contribution < 1.29 is 4.42 Å². The molecule has 0 spiro atoms. The molecule has 0 aliphatic rings. The van der Waals surface area contributed by atoms with Gasteiger partial charge in [-0.1, -0.05) is 23.3 Å². The van der Waals surface area contributed by atoms with Gasteiger partial charge in [0, 0.05) is 10.8 Å². The van der Waals surface area contributed by atoms with E-state index in [2.05, 4.69) is 38.1 Å². The molecule has 1 nitrogen and oxygen atoms in total. The van der Waals surface area contributed by atoms with Crippen LogP contribution in [0.5, 0.6) is 0 Å². The summed E-state index contributed by atoms with van der Waals surface area (Å²) < 4.78 is 5.76. The van der Waals surface area contributed by atoms with Crippen molar-refractivity contribution in [1.29, 1.82) is 0 Å². The lowest BCUT2D eigenvalue weighted by atomic mass is 10.1. The number of hydrogen-bond donors (Lipinski definition) is 0. The molecule has 0 aliphatic carbocycles. The summed E-state index contributed by atoms with van der Waals surface area (Å²) in [6.45, 7) is 4.21. The van der Waals surface area contributed by atoms with E-state index in [-0.39, 0.29) is 0 Å². The van der Waals surface area contributed by atoms with Crippen LogP contribution in [0.4, 0.5) is 0 Å². The van der Waals surface area contributed by atoms with Crippen LogP contribution in [-0.2, 0) is 0 Å². The van der Waals surface area contributed by atoms with Crippen LogP contribution in [0.3, 0.4) is 0 Å². The Balaban J connectivity index is 2.55. The van der Waals surface area contributed by atoms with Crippen molar-refractivity contribution in [3.63, 3.8) is 0 Å². The van der Waals surface area contributed by atoms with Gasteiger partial charge in [0.05, 0.1) is 0 Å². The van der Waals surface area contributed by atoms with Crippen LogP contribution in [0.25, 0.3) is 21.9 Å². The Labute approximate surface area is 88.3 Å². The highest BCUT2D eigenvalue weighted by atomic mass is 16.3. The molecule has 0 aliphatic heterocycles. The average molecular weight is 196 g/mol. The van der Waals surface area contributed by atoms with Crippen LogP contribution in [0.15, 0.2) is 40.8 Å². The van der Waals surface area contributed by atoms with Crippen LogP contribution in [-0.4, -0.2) is 0 Å². The van der Waals surface area contributed by atoms with Crippen molar-refractivity contribution in [2.75, 3.05) is 0 Å². The smallest absolute Gasteiger partial charge is 0.135 e. The number of furan rings is 1. The van der Waals surface area contributed by atoms with E-state index in [4.69, 9.17) is 4.42 Å². The van der Waals surface area contributed by atoms with Gasteiger partial charge in [0.2, 0.25) is 0 Å². The normalized spacial score (nSPS) is 11.3. The third-order valence-electron chi connectivity index (χ3n) is 2.78. The fraction of sp³-hybridized carbons (Fsp3) is 0.143. The van der Waals surface area contributed by atoms with Gasteiger partial charge < -0.3 is 4.42 Å². The summed E-state index contributed by atoms with van der Waals surface area (Å²) in [6.07, 6.45) is 0. The number of fused-ring (bicyclic) bond motifs is 3. The largest absolute Gasteiger partial charge is 0.456 e. The summed E-state index contributed by atoms with van der Waals surface area (Å²) in [4.78, 5) is 0. The van der Waals surface area contributed by atoms with E-state index in [1.807, 2.05) is 12.1 Å². The van der Waals surface area contributed by atoms with Gasteiger partial charge >= 0.3 is 0 Å². The molecule has 0 N–H and O–H groups in total. The quantitative estimate of drug-likeness (QED) is 0.525. The van der Waals surface area contributed by atoms with Crippen molar-refractivity contribution in [3.05, 3.63) is 47.5 Å². The Morgan fingerprint density at radius 1 is 0.733 bits per heavy atom. The van der Waals surface area contributed by atoms with Crippen LogP contribution in [0, 0.1) is 13.8 Å². The van der Waals surface area contributed by atoms with Gasteiger partial charge in [-0.25, -0.2) is 0 Å². The highest BCUT2D eigenvalue weighted by Gasteiger charge is 2.06. The highest BCUT2D eigenvalue weighted by molar-refractivity contribution is 6.05. The molecule has 3 aromatic rings. The van der Waals surface area contributed by atoms with E-state index >= 15 is 0 Å². The van der Waals surface area contributed by atoms with Gasteiger partial charge in [0.1, 0.15) is 11.2 Å². The summed E-state index contributed by atoms with van der Waals surface area (Å²) in [5.74, 6) is 0. The predicted molar refractivity (Wildman–Crippen MR) is 63.2 cm³/mol. The number of rotatable bonds is 0. The zero-order valence-electron chi connectivity index (χ0n) is 8.87. The average Bonchev–Trinajstić information content (AvgIpc) is 2.56. The van der Waals surface area contributed by atoms with Crippen LogP contribution in [0.2, 0.25) is 0 Å². The Bertz CT molecular complexity index is 591. The Morgan fingerprint density at radius 2 is 1.20 bits per heavy atom. The summed E-state index contributed by atoms with van der Waals surface area (Å²) in [5.41, 5.74) is 4.49. The summed E-state index contributed by atoms with van der Waals surface area (Å²) in [5, 5.41) is 2.43. The van der Waals surface area contributed by atoms with Crippen molar-refractivity contribution in [3.8, 4) is 0 Å². The van der Waals surface area contributed by atoms with Gasteiger partial charge in [-0.3, -0.25) is 0 Å². The molecule has 1 heterocycles. The molecule has 15 heavy (non-hydrogen) atoms. The Hall–Kier alpha value is -1.76. The van der Waals surface area contributed by atoms with Gasteiger partial charge in [0.25, 0.3) is 0 Å². The van der Waals surface area contributed by atoms with E-state index < -0.39 is 0 Å². The molecule has 74 valence electrons. The standard InChI is InChI=1S/C14H12O/c1-9-3-5-13-11(7-9)12-8-10(2)4-6-14(12)15-13/h3-8H,1-2H3. The van der Waals surface area contributed by atoms with E-state index in [1.165, 1.54) is 21.9 Å². The molecular weight excluding hydrogens is 184 g/mol. The van der Waals surface area contributed by atoms with Crippen molar-refractivity contribution in [2.45, 2.75) is 13.8 Å². The number of benzene rings is 2. The minimum Gasteiger partial charge on any atom is -0.456 e. The minimum absolute atomic E-state index is 0.973. The summed E-state index contributed by atoms with van der Waals surface area (Å²) in [6, 6.07) is 12.6. The van der Waals surface area contributed by atoms with Crippen LogP contribution < -0.4 is 0 Å². The fourth-order valence-electron chi connectivity index (χ4n) is 2.01. The third-order valence-corrected chi connectivity index (χ3v) is 2.78. The second-order valence-electron chi connectivity index (χ2n) is 4.10. The maximum absolute atomic E-state index is 5.76. The van der Waals surface area contributed by atoms with Crippen LogP contribution in [0.1, 0.15) is 11.1 Å². The third kappa shape index (κ3) is 1.23. The predicted octanol–water partition coefficient (Wildman–Crippen LogP) is 4.20. The van der Waals surface area contributed by atoms with Gasteiger partial charge in [-0.2, -0.15) is 0 Å². The lowest BCUT2D eigenvalue weighted by Crippen LogP contribution is -1.72.